The molecule has 0 spiro atoms. The van der Waals surface area contributed by atoms with E-state index < -0.39 is 0 Å². The molecular weight excluding hydrogens is 386 g/mol. The minimum absolute atomic E-state index is 0.0503. The Bertz CT molecular complexity index is 844. The summed E-state index contributed by atoms with van der Waals surface area (Å²) >= 11 is 1.31. The van der Waals surface area contributed by atoms with Crippen LogP contribution in [0.25, 0.3) is 11.5 Å². The van der Waals surface area contributed by atoms with Crippen molar-refractivity contribution < 1.29 is 13.9 Å². The fraction of sp³-hybridized carbons (Fsp3) is 0.591. The summed E-state index contributed by atoms with van der Waals surface area (Å²) in [7, 11) is 0. The van der Waals surface area contributed by atoms with Crippen molar-refractivity contribution in [1.82, 2.24) is 15.5 Å². The summed E-state index contributed by atoms with van der Waals surface area (Å²) in [5.41, 5.74) is 0.889. The van der Waals surface area contributed by atoms with Crippen LogP contribution in [0.15, 0.2) is 33.9 Å². The molecule has 1 aromatic carbocycles. The Morgan fingerprint density at radius 2 is 1.79 bits per heavy atom. The molecule has 7 heteroatoms. The topological polar surface area (TPSA) is 77.2 Å². The van der Waals surface area contributed by atoms with E-state index in [0.717, 1.165) is 29.1 Å². The molecule has 4 aliphatic rings. The fourth-order valence-electron chi connectivity index (χ4n) is 5.97. The summed E-state index contributed by atoms with van der Waals surface area (Å²) in [6.45, 7) is 2.58. The first-order valence-corrected chi connectivity index (χ1v) is 11.6. The summed E-state index contributed by atoms with van der Waals surface area (Å²) in [5.74, 6) is 4.12. The normalized spacial score (nSPS) is 29.8. The van der Waals surface area contributed by atoms with Crippen LogP contribution in [0.1, 0.15) is 45.4 Å². The molecule has 29 heavy (non-hydrogen) atoms. The third kappa shape index (κ3) is 4.02. The molecular formula is C22H27N3O3S. The summed E-state index contributed by atoms with van der Waals surface area (Å²) in [5, 5.41) is 12.0. The van der Waals surface area contributed by atoms with Gasteiger partial charge in [-0.3, -0.25) is 4.79 Å². The Morgan fingerprint density at radius 1 is 1.14 bits per heavy atom. The highest BCUT2D eigenvalue weighted by Crippen LogP contribution is 2.55. The zero-order valence-electron chi connectivity index (χ0n) is 16.7. The molecule has 1 amide bonds. The van der Waals surface area contributed by atoms with Crippen molar-refractivity contribution >= 4 is 17.7 Å². The number of rotatable bonds is 7. The van der Waals surface area contributed by atoms with E-state index in [0.29, 0.717) is 23.5 Å². The zero-order valence-corrected chi connectivity index (χ0v) is 17.5. The summed E-state index contributed by atoms with van der Waals surface area (Å²) < 4.78 is 11.2. The van der Waals surface area contributed by atoms with E-state index in [9.17, 15) is 4.79 Å². The van der Waals surface area contributed by atoms with Crippen molar-refractivity contribution in [2.45, 2.75) is 56.2 Å². The second kappa shape index (κ2) is 7.67. The third-order valence-electron chi connectivity index (χ3n) is 6.59. The molecule has 1 heterocycles. The Hall–Kier alpha value is -2.02. The smallest absolute Gasteiger partial charge is 0.277 e. The van der Waals surface area contributed by atoms with Gasteiger partial charge in [-0.15, -0.1) is 10.2 Å². The van der Waals surface area contributed by atoms with Crippen LogP contribution in [0, 0.1) is 17.8 Å². The van der Waals surface area contributed by atoms with Crippen LogP contribution >= 0.6 is 11.8 Å². The minimum Gasteiger partial charge on any atom is -0.494 e. The highest BCUT2D eigenvalue weighted by atomic mass is 32.2. The lowest BCUT2D eigenvalue weighted by Crippen LogP contribution is -2.60. The number of aromatic nitrogens is 2. The second-order valence-electron chi connectivity index (χ2n) is 8.87. The van der Waals surface area contributed by atoms with Crippen molar-refractivity contribution in [3.05, 3.63) is 24.3 Å². The Kier molecular flexibility index (Phi) is 5.02. The van der Waals surface area contributed by atoms with Crippen molar-refractivity contribution in [3.8, 4) is 17.2 Å². The van der Waals surface area contributed by atoms with Crippen LogP contribution < -0.4 is 10.1 Å². The quantitative estimate of drug-likeness (QED) is 0.682. The molecule has 4 aliphatic carbocycles. The molecule has 1 N–H and O–H groups in total. The summed E-state index contributed by atoms with van der Waals surface area (Å²) in [4.78, 5) is 12.6. The highest BCUT2D eigenvalue weighted by Gasteiger charge is 2.51. The maximum atomic E-state index is 12.6. The lowest BCUT2D eigenvalue weighted by molar-refractivity contribution is -0.124. The SMILES string of the molecule is CCOc1ccc(-c2nnc(SCC(=O)NC34CC5CC(CC(C5)C3)C4)o2)cc1. The van der Waals surface area contributed by atoms with Gasteiger partial charge in [-0.2, -0.15) is 0 Å². The molecule has 0 radical (unpaired) electrons. The maximum Gasteiger partial charge on any atom is 0.277 e. The Labute approximate surface area is 175 Å². The number of nitrogens with zero attached hydrogens (tertiary/aromatic N) is 2. The van der Waals surface area contributed by atoms with E-state index in [1.165, 1.54) is 50.3 Å². The first-order valence-electron chi connectivity index (χ1n) is 10.6. The van der Waals surface area contributed by atoms with E-state index in [2.05, 4.69) is 15.5 Å². The Balaban J connectivity index is 1.16. The molecule has 0 saturated heterocycles. The van der Waals surface area contributed by atoms with E-state index in [1.54, 1.807) is 0 Å². The molecule has 6 nitrogen and oxygen atoms in total. The number of benzene rings is 1. The molecule has 1 aromatic heterocycles. The lowest BCUT2D eigenvalue weighted by Gasteiger charge is -2.56. The summed E-state index contributed by atoms with van der Waals surface area (Å²) in [6, 6.07) is 7.56. The van der Waals surface area contributed by atoms with Crippen molar-refractivity contribution in [2.24, 2.45) is 17.8 Å². The predicted octanol–water partition coefficient (Wildman–Crippen LogP) is 4.31. The monoisotopic (exact) mass is 413 g/mol. The standard InChI is InChI=1S/C22H27N3O3S/c1-2-27-18-5-3-17(4-6-18)20-24-25-21(28-20)29-13-19(26)23-22-10-14-7-15(11-22)9-16(8-14)12-22/h3-6,14-16H,2,7-13H2,1H3,(H,23,26). The number of hydrogen-bond acceptors (Lipinski definition) is 6. The van der Waals surface area contributed by atoms with Gasteiger partial charge in [-0.1, -0.05) is 11.8 Å². The van der Waals surface area contributed by atoms with Gasteiger partial charge in [0.15, 0.2) is 0 Å². The first kappa shape index (κ1) is 19.0. The van der Waals surface area contributed by atoms with Gasteiger partial charge < -0.3 is 14.5 Å². The van der Waals surface area contributed by atoms with Crippen LogP contribution in [-0.2, 0) is 4.79 Å². The number of amides is 1. The van der Waals surface area contributed by atoms with Crippen LogP contribution in [0.4, 0.5) is 0 Å². The largest absolute Gasteiger partial charge is 0.494 e. The average Bonchev–Trinajstić information content (AvgIpc) is 3.15. The van der Waals surface area contributed by atoms with E-state index >= 15 is 0 Å². The zero-order chi connectivity index (χ0) is 19.8. The molecule has 4 saturated carbocycles. The molecule has 2 aromatic rings. The van der Waals surface area contributed by atoms with Gasteiger partial charge in [-0.05, 0) is 87.5 Å². The van der Waals surface area contributed by atoms with Crippen LogP contribution in [-0.4, -0.2) is 34.0 Å². The van der Waals surface area contributed by atoms with Crippen LogP contribution in [0.3, 0.4) is 0 Å². The number of thioether (sulfide) groups is 1. The highest BCUT2D eigenvalue weighted by molar-refractivity contribution is 7.99. The minimum atomic E-state index is 0.0503. The van der Waals surface area contributed by atoms with Crippen molar-refractivity contribution in [3.63, 3.8) is 0 Å². The maximum absolute atomic E-state index is 12.6. The Morgan fingerprint density at radius 3 is 2.41 bits per heavy atom. The summed E-state index contributed by atoms with van der Waals surface area (Å²) in [6.07, 6.45) is 7.62. The van der Waals surface area contributed by atoms with E-state index in [4.69, 9.17) is 9.15 Å². The van der Waals surface area contributed by atoms with Gasteiger partial charge in [0.05, 0.1) is 12.4 Å². The van der Waals surface area contributed by atoms with Crippen LogP contribution in [0.2, 0.25) is 0 Å². The van der Waals surface area contributed by atoms with Crippen molar-refractivity contribution in [1.29, 1.82) is 0 Å². The third-order valence-corrected chi connectivity index (χ3v) is 7.41. The first-order chi connectivity index (χ1) is 14.1. The number of nitrogens with one attached hydrogen (secondary N) is 1. The fourth-order valence-corrected chi connectivity index (χ4v) is 6.53. The van der Waals surface area contributed by atoms with Gasteiger partial charge in [0.2, 0.25) is 11.8 Å². The van der Waals surface area contributed by atoms with Gasteiger partial charge in [0.25, 0.3) is 5.22 Å². The molecule has 0 aliphatic heterocycles. The lowest BCUT2D eigenvalue weighted by atomic mass is 9.53. The van der Waals surface area contributed by atoms with Crippen molar-refractivity contribution in [2.75, 3.05) is 12.4 Å². The molecule has 0 unspecified atom stereocenters. The molecule has 6 rings (SSSR count). The van der Waals surface area contributed by atoms with E-state index in [1.807, 2.05) is 31.2 Å². The van der Waals surface area contributed by atoms with Gasteiger partial charge in [0, 0.05) is 11.1 Å². The average molecular weight is 414 g/mol. The number of carbonyl (C=O) groups excluding carboxylic acids is 1. The molecule has 0 atom stereocenters. The molecule has 4 fully saturated rings. The number of hydrogen-bond donors (Lipinski definition) is 1. The predicted molar refractivity (Wildman–Crippen MR) is 111 cm³/mol. The van der Waals surface area contributed by atoms with E-state index in [-0.39, 0.29) is 11.4 Å². The number of carbonyl (C=O) groups is 1. The molecule has 4 bridgehead atoms. The van der Waals surface area contributed by atoms with Crippen LogP contribution in [0.5, 0.6) is 5.75 Å². The van der Waals surface area contributed by atoms with Gasteiger partial charge >= 0.3 is 0 Å². The second-order valence-corrected chi connectivity index (χ2v) is 9.79. The van der Waals surface area contributed by atoms with Gasteiger partial charge in [-0.25, -0.2) is 0 Å². The van der Waals surface area contributed by atoms with Gasteiger partial charge in [0.1, 0.15) is 5.75 Å². The molecule has 154 valence electrons. The number of ether oxygens (including phenoxy) is 1.